The topological polar surface area (TPSA) is 68.0 Å². The van der Waals surface area contributed by atoms with E-state index in [1.165, 1.54) is 12.3 Å². The second-order valence-corrected chi connectivity index (χ2v) is 6.07. The fourth-order valence-electron chi connectivity index (χ4n) is 2.71. The van der Waals surface area contributed by atoms with Gasteiger partial charge in [0.05, 0.1) is 12.5 Å². The number of amides is 1. The van der Waals surface area contributed by atoms with E-state index in [1.54, 1.807) is 0 Å². The van der Waals surface area contributed by atoms with Crippen molar-refractivity contribution in [3.05, 3.63) is 76.8 Å². The highest BCUT2D eigenvalue weighted by atomic mass is 35.5. The fourth-order valence-corrected chi connectivity index (χ4v) is 2.89. The number of benzene rings is 2. The van der Waals surface area contributed by atoms with Crippen LogP contribution >= 0.6 is 11.6 Å². The Bertz CT molecular complexity index is 916. The molecule has 1 atom stereocenters. The van der Waals surface area contributed by atoms with Crippen molar-refractivity contribution in [2.75, 3.05) is 6.54 Å². The van der Waals surface area contributed by atoms with E-state index in [9.17, 15) is 9.18 Å². The molecule has 0 aliphatic heterocycles. The first-order chi connectivity index (χ1) is 12.1. The van der Waals surface area contributed by atoms with Gasteiger partial charge in [-0.2, -0.15) is 0 Å². The molecule has 0 spiro atoms. The van der Waals surface area contributed by atoms with Crippen LogP contribution in [0.25, 0.3) is 10.8 Å². The van der Waals surface area contributed by atoms with Crippen molar-refractivity contribution in [2.45, 2.75) is 12.5 Å². The molecule has 0 saturated carbocycles. The van der Waals surface area contributed by atoms with Crippen LogP contribution < -0.4 is 11.1 Å². The monoisotopic (exact) mass is 357 g/mol. The Balaban J connectivity index is 1.76. The van der Waals surface area contributed by atoms with Crippen LogP contribution in [0.2, 0.25) is 5.15 Å². The fraction of sp³-hybridized carbons (Fsp3) is 0.158. The first-order valence-corrected chi connectivity index (χ1v) is 8.23. The van der Waals surface area contributed by atoms with E-state index in [0.717, 1.165) is 16.3 Å². The molecule has 2 aromatic carbocycles. The molecule has 0 radical (unpaired) electrons. The number of fused-ring (bicyclic) bond motifs is 1. The Kier molecular flexibility index (Phi) is 5.26. The van der Waals surface area contributed by atoms with E-state index in [-0.39, 0.29) is 35.6 Å². The second-order valence-electron chi connectivity index (χ2n) is 5.71. The van der Waals surface area contributed by atoms with Gasteiger partial charge in [-0.25, -0.2) is 9.37 Å². The molecule has 128 valence electrons. The predicted molar refractivity (Wildman–Crippen MR) is 96.8 cm³/mol. The molecule has 1 heterocycles. The van der Waals surface area contributed by atoms with Crippen molar-refractivity contribution in [3.63, 3.8) is 0 Å². The third-order valence-electron chi connectivity index (χ3n) is 4.02. The number of nitrogens with zero attached hydrogens (tertiary/aromatic N) is 1. The lowest BCUT2D eigenvalue weighted by atomic mass is 10.0. The molecule has 1 aromatic heterocycles. The van der Waals surface area contributed by atoms with Gasteiger partial charge >= 0.3 is 0 Å². The molecule has 3 rings (SSSR count). The minimum Gasteiger partial charge on any atom is -0.348 e. The van der Waals surface area contributed by atoms with Crippen molar-refractivity contribution in [1.29, 1.82) is 0 Å². The third-order valence-corrected chi connectivity index (χ3v) is 4.29. The highest BCUT2D eigenvalue weighted by molar-refractivity contribution is 6.29. The summed E-state index contributed by atoms with van der Waals surface area (Å²) in [5.41, 5.74) is 6.93. The van der Waals surface area contributed by atoms with Crippen molar-refractivity contribution in [3.8, 4) is 0 Å². The summed E-state index contributed by atoms with van der Waals surface area (Å²) in [5, 5.41) is 4.79. The number of carbonyl (C=O) groups is 1. The summed E-state index contributed by atoms with van der Waals surface area (Å²) in [4.78, 5) is 15.9. The van der Waals surface area contributed by atoms with E-state index in [0.29, 0.717) is 0 Å². The average molecular weight is 358 g/mol. The maximum absolute atomic E-state index is 13.9. The van der Waals surface area contributed by atoms with Crippen molar-refractivity contribution in [1.82, 2.24) is 10.3 Å². The van der Waals surface area contributed by atoms with Crippen LogP contribution in [0.3, 0.4) is 0 Å². The quantitative estimate of drug-likeness (QED) is 0.688. The molecule has 0 aliphatic rings. The number of pyridine rings is 1. The van der Waals surface area contributed by atoms with E-state index in [4.69, 9.17) is 17.3 Å². The van der Waals surface area contributed by atoms with Gasteiger partial charge in [0.15, 0.2) is 11.0 Å². The molecule has 0 fully saturated rings. The molecule has 1 unspecified atom stereocenters. The number of nitrogens with one attached hydrogen (secondary N) is 1. The first kappa shape index (κ1) is 17.3. The molecular weight excluding hydrogens is 341 g/mol. The number of aromatic nitrogens is 1. The van der Waals surface area contributed by atoms with E-state index in [1.807, 2.05) is 42.5 Å². The number of hydrogen-bond donors (Lipinski definition) is 2. The summed E-state index contributed by atoms with van der Waals surface area (Å²) in [6, 6.07) is 15.0. The van der Waals surface area contributed by atoms with Crippen molar-refractivity contribution >= 4 is 28.3 Å². The largest absolute Gasteiger partial charge is 0.348 e. The molecule has 25 heavy (non-hydrogen) atoms. The lowest BCUT2D eigenvalue weighted by molar-refractivity contribution is -0.121. The molecular formula is C19H17ClFN3O. The zero-order chi connectivity index (χ0) is 17.8. The van der Waals surface area contributed by atoms with E-state index >= 15 is 0 Å². The van der Waals surface area contributed by atoms with Crippen molar-refractivity contribution in [2.24, 2.45) is 5.73 Å². The van der Waals surface area contributed by atoms with E-state index < -0.39 is 5.82 Å². The molecule has 6 heteroatoms. The Hall–Kier alpha value is -2.50. The lowest BCUT2D eigenvalue weighted by Crippen LogP contribution is -2.34. The van der Waals surface area contributed by atoms with Gasteiger partial charge in [-0.05, 0) is 28.5 Å². The van der Waals surface area contributed by atoms with Gasteiger partial charge in [0, 0.05) is 18.3 Å². The molecule has 0 aliphatic carbocycles. The van der Waals surface area contributed by atoms with Gasteiger partial charge in [-0.1, -0.05) is 48.0 Å². The van der Waals surface area contributed by atoms with Crippen LogP contribution in [0.1, 0.15) is 17.2 Å². The first-order valence-electron chi connectivity index (χ1n) is 7.85. The zero-order valence-corrected chi connectivity index (χ0v) is 14.1. The molecule has 4 nitrogen and oxygen atoms in total. The van der Waals surface area contributed by atoms with E-state index in [2.05, 4.69) is 10.3 Å². The Labute approximate surface area is 149 Å². The summed E-state index contributed by atoms with van der Waals surface area (Å²) < 4.78 is 13.9. The molecule has 0 bridgehead atoms. The minimum absolute atomic E-state index is 0.127. The number of carbonyl (C=O) groups excluding carboxylic acids is 1. The SMILES string of the molecule is NCC(NC(=O)Cc1ccnc(Cl)c1F)c1ccc2ccccc2c1. The second kappa shape index (κ2) is 7.59. The predicted octanol–water partition coefficient (Wildman–Crippen LogP) is 3.39. The Morgan fingerprint density at radius 3 is 2.72 bits per heavy atom. The summed E-state index contributed by atoms with van der Waals surface area (Å²) in [6.07, 6.45) is 1.25. The lowest BCUT2D eigenvalue weighted by Gasteiger charge is -2.18. The van der Waals surface area contributed by atoms with Gasteiger partial charge in [-0.15, -0.1) is 0 Å². The van der Waals surface area contributed by atoms with Crippen LogP contribution in [-0.4, -0.2) is 17.4 Å². The summed E-state index contributed by atoms with van der Waals surface area (Å²) in [7, 11) is 0. The standard InChI is InChI=1S/C19H17ClFN3O/c20-19-18(21)15(7-8-23-19)10-17(25)24-16(11-22)14-6-5-12-3-1-2-4-13(12)9-14/h1-9,16H,10-11,22H2,(H,24,25). The van der Waals surface area contributed by atoms with Crippen LogP contribution in [-0.2, 0) is 11.2 Å². The Morgan fingerprint density at radius 1 is 1.20 bits per heavy atom. The van der Waals surface area contributed by atoms with Crippen LogP contribution in [0.15, 0.2) is 54.7 Å². The molecule has 0 saturated heterocycles. The molecule has 3 aromatic rings. The highest BCUT2D eigenvalue weighted by Gasteiger charge is 2.16. The third kappa shape index (κ3) is 3.95. The molecule has 1 amide bonds. The zero-order valence-electron chi connectivity index (χ0n) is 13.4. The van der Waals surface area contributed by atoms with Gasteiger partial charge in [0.1, 0.15) is 0 Å². The van der Waals surface area contributed by atoms with Gasteiger partial charge < -0.3 is 11.1 Å². The summed E-state index contributed by atoms with van der Waals surface area (Å²) in [6.45, 7) is 0.240. The maximum Gasteiger partial charge on any atom is 0.225 e. The normalized spacial score (nSPS) is 12.1. The van der Waals surface area contributed by atoms with Gasteiger partial charge in [0.2, 0.25) is 5.91 Å². The van der Waals surface area contributed by atoms with Crippen molar-refractivity contribution < 1.29 is 9.18 Å². The summed E-state index contributed by atoms with van der Waals surface area (Å²) in [5.74, 6) is -1.00. The number of hydrogen-bond acceptors (Lipinski definition) is 3. The minimum atomic E-state index is -0.672. The van der Waals surface area contributed by atoms with Gasteiger partial charge in [-0.3, -0.25) is 4.79 Å². The summed E-state index contributed by atoms with van der Waals surface area (Å²) >= 11 is 5.64. The highest BCUT2D eigenvalue weighted by Crippen LogP contribution is 2.21. The number of halogens is 2. The van der Waals surface area contributed by atoms with Crippen LogP contribution in [0.4, 0.5) is 4.39 Å². The number of rotatable bonds is 5. The Morgan fingerprint density at radius 2 is 1.96 bits per heavy atom. The average Bonchev–Trinajstić information content (AvgIpc) is 2.63. The van der Waals surface area contributed by atoms with Crippen LogP contribution in [0.5, 0.6) is 0 Å². The number of nitrogens with two attached hydrogens (primary N) is 1. The van der Waals surface area contributed by atoms with Crippen LogP contribution in [0, 0.1) is 5.82 Å². The smallest absolute Gasteiger partial charge is 0.225 e. The van der Waals surface area contributed by atoms with Gasteiger partial charge in [0.25, 0.3) is 0 Å². The molecule has 3 N–H and O–H groups in total. The maximum atomic E-state index is 13.9.